The van der Waals surface area contributed by atoms with Crippen LogP contribution in [0.25, 0.3) is 5.69 Å². The molecule has 0 aliphatic rings. The Kier molecular flexibility index (Phi) is 8.97. The number of hydrogen-bond acceptors (Lipinski definition) is 4. The Morgan fingerprint density at radius 1 is 1.05 bits per heavy atom. The van der Waals surface area contributed by atoms with Crippen molar-refractivity contribution in [2.45, 2.75) is 59.6 Å². The van der Waals surface area contributed by atoms with E-state index in [0.717, 1.165) is 11.3 Å². The van der Waals surface area contributed by atoms with E-state index in [1.807, 2.05) is 96.1 Å². The predicted octanol–water partition coefficient (Wildman–Crippen LogP) is 5.23. The van der Waals surface area contributed by atoms with E-state index in [4.69, 9.17) is 4.74 Å². The van der Waals surface area contributed by atoms with Gasteiger partial charge in [0, 0.05) is 24.8 Å². The van der Waals surface area contributed by atoms with Crippen LogP contribution in [-0.4, -0.2) is 45.1 Å². The van der Waals surface area contributed by atoms with Crippen molar-refractivity contribution in [2.24, 2.45) is 5.92 Å². The molecule has 1 aromatic heterocycles. The number of carbonyl (C=O) groups is 2. The molecule has 0 fully saturated rings. The van der Waals surface area contributed by atoms with Gasteiger partial charge in [-0.05, 0) is 64.3 Å². The summed E-state index contributed by atoms with van der Waals surface area (Å²) < 4.78 is 6.87. The van der Waals surface area contributed by atoms with Crippen LogP contribution in [0.2, 0.25) is 0 Å². The van der Waals surface area contributed by atoms with Crippen LogP contribution in [-0.2, 0) is 4.74 Å². The number of H-pyrrole nitrogens is 1. The van der Waals surface area contributed by atoms with E-state index in [9.17, 15) is 14.4 Å². The minimum atomic E-state index is -0.585. The highest BCUT2D eigenvalue weighted by Gasteiger charge is 2.30. The summed E-state index contributed by atoms with van der Waals surface area (Å²) in [6.45, 7) is 12.2. The third-order valence-electron chi connectivity index (χ3n) is 5.86. The molecule has 8 nitrogen and oxygen atoms in total. The monoisotopic (exact) mass is 506 g/mol. The number of carbonyl (C=O) groups excluding carboxylic acids is 2. The Morgan fingerprint density at radius 2 is 1.70 bits per heavy atom. The van der Waals surface area contributed by atoms with Gasteiger partial charge in [-0.1, -0.05) is 49.7 Å². The number of benzene rings is 2. The molecule has 0 aliphatic heterocycles. The zero-order valence-electron chi connectivity index (χ0n) is 22.6. The number of aromatic nitrogens is 2. The summed E-state index contributed by atoms with van der Waals surface area (Å²) in [6.07, 6.45) is 1.80. The molecule has 3 aromatic rings. The van der Waals surface area contributed by atoms with Crippen molar-refractivity contribution >= 4 is 12.0 Å². The van der Waals surface area contributed by atoms with Crippen LogP contribution >= 0.6 is 0 Å². The van der Waals surface area contributed by atoms with Gasteiger partial charge >= 0.3 is 11.8 Å². The first-order valence-electron chi connectivity index (χ1n) is 12.7. The van der Waals surface area contributed by atoms with Gasteiger partial charge in [-0.15, -0.1) is 0 Å². The number of rotatable bonds is 9. The van der Waals surface area contributed by atoms with E-state index in [-0.39, 0.29) is 23.6 Å². The van der Waals surface area contributed by atoms with Crippen LogP contribution in [0.3, 0.4) is 0 Å². The third-order valence-corrected chi connectivity index (χ3v) is 5.86. The van der Waals surface area contributed by atoms with E-state index in [1.165, 1.54) is 0 Å². The van der Waals surface area contributed by atoms with Gasteiger partial charge in [0.2, 0.25) is 0 Å². The highest BCUT2D eigenvalue weighted by molar-refractivity contribution is 5.94. The second kappa shape index (κ2) is 12.0. The summed E-state index contributed by atoms with van der Waals surface area (Å²) in [5, 5.41) is 2.76. The van der Waals surface area contributed by atoms with Crippen molar-refractivity contribution in [3.05, 3.63) is 88.1 Å². The number of nitrogens with zero attached hydrogens (tertiary/aromatic N) is 2. The molecule has 37 heavy (non-hydrogen) atoms. The van der Waals surface area contributed by atoms with Gasteiger partial charge in [-0.25, -0.2) is 9.59 Å². The highest BCUT2D eigenvalue weighted by atomic mass is 16.6. The van der Waals surface area contributed by atoms with Crippen LogP contribution < -0.4 is 11.0 Å². The fourth-order valence-corrected chi connectivity index (χ4v) is 4.21. The molecule has 0 radical (unpaired) electrons. The Morgan fingerprint density at radius 3 is 2.30 bits per heavy atom. The van der Waals surface area contributed by atoms with Crippen LogP contribution in [0.4, 0.5) is 4.79 Å². The first-order chi connectivity index (χ1) is 17.5. The lowest BCUT2D eigenvalue weighted by molar-refractivity contribution is 0.0520. The maximum absolute atomic E-state index is 13.8. The van der Waals surface area contributed by atoms with Crippen molar-refractivity contribution in [1.29, 1.82) is 0 Å². The Bertz CT molecular complexity index is 1240. The van der Waals surface area contributed by atoms with E-state index in [1.54, 1.807) is 15.7 Å². The van der Waals surface area contributed by atoms with E-state index in [2.05, 4.69) is 10.3 Å². The predicted molar refractivity (Wildman–Crippen MR) is 145 cm³/mol. The smallest absolute Gasteiger partial charge is 0.407 e. The summed E-state index contributed by atoms with van der Waals surface area (Å²) in [4.78, 5) is 43.5. The number of imidazole rings is 1. The molecule has 3 rings (SSSR count). The summed E-state index contributed by atoms with van der Waals surface area (Å²) >= 11 is 0. The number of hydrogen-bond donors (Lipinski definition) is 2. The summed E-state index contributed by atoms with van der Waals surface area (Å²) in [5.74, 6) is -0.125. The minimum Gasteiger partial charge on any atom is -0.444 e. The second-order valence-electron chi connectivity index (χ2n) is 10.6. The topological polar surface area (TPSA) is 96.4 Å². The van der Waals surface area contributed by atoms with Gasteiger partial charge in [-0.2, -0.15) is 0 Å². The quantitative estimate of drug-likeness (QED) is 0.389. The first kappa shape index (κ1) is 27.8. The molecular weight excluding hydrogens is 468 g/mol. The van der Waals surface area contributed by atoms with Gasteiger partial charge in [0.1, 0.15) is 5.60 Å². The lowest BCUT2D eigenvalue weighted by Gasteiger charge is -2.34. The number of ether oxygens (including phenoxy) is 1. The van der Waals surface area contributed by atoms with Gasteiger partial charge in [-0.3, -0.25) is 9.36 Å². The number of para-hydroxylation sites is 1. The summed E-state index contributed by atoms with van der Waals surface area (Å²) in [6, 6.07) is 16.4. The largest absolute Gasteiger partial charge is 0.444 e. The average molecular weight is 507 g/mol. The number of amides is 2. The Labute approximate surface area is 218 Å². The molecule has 0 spiro atoms. The fraction of sp³-hybridized carbons (Fsp3) is 0.414. The van der Waals surface area contributed by atoms with Crippen molar-refractivity contribution in [1.82, 2.24) is 19.8 Å². The average Bonchev–Trinajstić information content (AvgIpc) is 3.21. The maximum atomic E-state index is 13.8. The molecule has 0 aliphatic carbocycles. The zero-order chi connectivity index (χ0) is 27.2. The molecular formula is C29H38N4O4. The molecule has 0 saturated carbocycles. The van der Waals surface area contributed by atoms with Gasteiger partial charge in [0.15, 0.2) is 0 Å². The molecule has 1 unspecified atom stereocenters. The number of alkyl carbamates (subject to hydrolysis) is 1. The molecule has 198 valence electrons. The van der Waals surface area contributed by atoms with Crippen molar-refractivity contribution in [3.8, 4) is 5.69 Å². The molecule has 8 heteroatoms. The SMILES string of the molecule is Cc1ccc(C(=O)N(CCCNC(=O)OC(C)(C)C)C(c2cn(-c3ccccc3)c(=O)[nH]2)C(C)C)cc1. The number of aromatic amines is 1. The highest BCUT2D eigenvalue weighted by Crippen LogP contribution is 2.29. The molecule has 1 atom stereocenters. The Hall–Kier alpha value is -3.81. The summed E-state index contributed by atoms with van der Waals surface area (Å²) in [5.41, 5.74) is 2.19. The van der Waals surface area contributed by atoms with Gasteiger partial charge in [0.05, 0.1) is 17.4 Å². The van der Waals surface area contributed by atoms with E-state index >= 15 is 0 Å². The second-order valence-corrected chi connectivity index (χ2v) is 10.6. The zero-order valence-corrected chi connectivity index (χ0v) is 22.6. The van der Waals surface area contributed by atoms with Gasteiger partial charge in [0.25, 0.3) is 5.91 Å². The molecule has 2 amide bonds. The van der Waals surface area contributed by atoms with Crippen molar-refractivity contribution in [2.75, 3.05) is 13.1 Å². The van der Waals surface area contributed by atoms with Crippen LogP contribution in [0.5, 0.6) is 0 Å². The van der Waals surface area contributed by atoms with E-state index < -0.39 is 11.7 Å². The molecule has 2 N–H and O–H groups in total. The van der Waals surface area contributed by atoms with E-state index in [0.29, 0.717) is 30.8 Å². The molecule has 0 bridgehead atoms. The van der Waals surface area contributed by atoms with Crippen LogP contribution in [0, 0.1) is 12.8 Å². The minimum absolute atomic E-state index is 0.00971. The van der Waals surface area contributed by atoms with Crippen LogP contribution in [0.15, 0.2) is 65.6 Å². The van der Waals surface area contributed by atoms with Crippen LogP contribution in [0.1, 0.15) is 68.7 Å². The standard InChI is InChI=1S/C29H38N4O4/c1-20(2)25(24-19-33(27(35)31-24)23-11-8-7-9-12-23)32(26(34)22-15-13-21(3)14-16-22)18-10-17-30-28(36)37-29(4,5)6/h7-9,11-16,19-20,25H,10,17-18H2,1-6H3,(H,30,36)(H,31,35). The molecule has 0 saturated heterocycles. The fourth-order valence-electron chi connectivity index (χ4n) is 4.21. The molecule has 1 heterocycles. The maximum Gasteiger partial charge on any atom is 0.407 e. The number of aryl methyl sites for hydroxylation is 1. The lowest BCUT2D eigenvalue weighted by Crippen LogP contribution is -2.40. The normalized spacial score (nSPS) is 12.3. The summed E-state index contributed by atoms with van der Waals surface area (Å²) in [7, 11) is 0. The van der Waals surface area contributed by atoms with Gasteiger partial charge < -0.3 is 19.9 Å². The van der Waals surface area contributed by atoms with Crippen molar-refractivity contribution in [3.63, 3.8) is 0 Å². The lowest BCUT2D eigenvalue weighted by atomic mass is 9.98. The Balaban J connectivity index is 1.88. The molecule has 2 aromatic carbocycles. The van der Waals surface area contributed by atoms with Crippen molar-refractivity contribution < 1.29 is 14.3 Å². The third kappa shape index (κ3) is 7.59. The number of nitrogens with one attached hydrogen (secondary N) is 2. The first-order valence-corrected chi connectivity index (χ1v) is 12.7.